The van der Waals surface area contributed by atoms with Gasteiger partial charge in [0, 0.05) is 25.2 Å². The minimum absolute atomic E-state index is 0.129. The maximum Gasteiger partial charge on any atom is 0.325 e. The lowest BCUT2D eigenvalue weighted by atomic mass is 9.96. The predicted octanol–water partition coefficient (Wildman–Crippen LogP) is 1.01. The first-order valence-electron chi connectivity index (χ1n) is 6.07. The Labute approximate surface area is 98.3 Å². The minimum atomic E-state index is -0.545. The topological polar surface area (TPSA) is 41.6 Å². The Morgan fingerprint density at radius 1 is 1.38 bits per heavy atom. The van der Waals surface area contributed by atoms with Crippen molar-refractivity contribution >= 4 is 5.97 Å². The van der Waals surface area contributed by atoms with Crippen molar-refractivity contribution in [2.75, 3.05) is 19.7 Å². The van der Waals surface area contributed by atoms with Gasteiger partial charge in [-0.25, -0.2) is 0 Å². The Kier molecular flexibility index (Phi) is 4.33. The zero-order valence-corrected chi connectivity index (χ0v) is 11.0. The Morgan fingerprint density at radius 3 is 2.31 bits per heavy atom. The molecular weight excluding hydrogens is 204 g/mol. The molecule has 94 valence electrons. The molecule has 0 amide bonds. The summed E-state index contributed by atoms with van der Waals surface area (Å²) in [5.74, 6) is -0.129. The highest BCUT2D eigenvalue weighted by Crippen LogP contribution is 2.24. The van der Waals surface area contributed by atoms with Gasteiger partial charge in [-0.05, 0) is 34.6 Å². The highest BCUT2D eigenvalue weighted by Gasteiger charge is 2.42. The average molecular weight is 228 g/mol. The molecule has 0 unspecified atom stereocenters. The van der Waals surface area contributed by atoms with Crippen molar-refractivity contribution < 1.29 is 9.53 Å². The molecule has 0 aromatic rings. The summed E-state index contributed by atoms with van der Waals surface area (Å²) in [6, 6.07) is 0.700. The van der Waals surface area contributed by atoms with Crippen LogP contribution >= 0.6 is 0 Å². The van der Waals surface area contributed by atoms with E-state index in [2.05, 4.69) is 24.1 Å². The first kappa shape index (κ1) is 13.5. The molecule has 4 nitrogen and oxygen atoms in total. The number of nitrogens with zero attached hydrogens (tertiary/aromatic N) is 1. The number of piperazine rings is 1. The van der Waals surface area contributed by atoms with E-state index in [-0.39, 0.29) is 5.97 Å². The van der Waals surface area contributed by atoms with E-state index in [1.54, 1.807) is 0 Å². The second-order valence-corrected chi connectivity index (χ2v) is 5.04. The minimum Gasteiger partial charge on any atom is -0.465 e. The van der Waals surface area contributed by atoms with Crippen molar-refractivity contribution in [3.63, 3.8) is 0 Å². The van der Waals surface area contributed by atoms with Gasteiger partial charge < -0.3 is 10.1 Å². The number of carbonyl (C=O) groups excluding carboxylic acids is 1. The van der Waals surface area contributed by atoms with Crippen molar-refractivity contribution in [3.05, 3.63) is 0 Å². The lowest BCUT2D eigenvalue weighted by Gasteiger charge is -2.47. The zero-order chi connectivity index (χ0) is 12.3. The van der Waals surface area contributed by atoms with Gasteiger partial charge in [0.05, 0.1) is 6.61 Å². The van der Waals surface area contributed by atoms with Crippen LogP contribution < -0.4 is 5.32 Å². The van der Waals surface area contributed by atoms with E-state index in [0.717, 1.165) is 13.1 Å². The molecule has 0 spiro atoms. The molecule has 0 aromatic carbocycles. The fourth-order valence-corrected chi connectivity index (χ4v) is 2.65. The maximum atomic E-state index is 12.0. The lowest BCUT2D eigenvalue weighted by Crippen LogP contribution is -2.65. The van der Waals surface area contributed by atoms with Crippen molar-refractivity contribution in [1.82, 2.24) is 10.2 Å². The van der Waals surface area contributed by atoms with Crippen LogP contribution in [-0.2, 0) is 9.53 Å². The second kappa shape index (κ2) is 5.15. The van der Waals surface area contributed by atoms with E-state index in [1.807, 2.05) is 20.8 Å². The van der Waals surface area contributed by atoms with Crippen LogP contribution in [0.15, 0.2) is 0 Å². The van der Waals surface area contributed by atoms with E-state index in [4.69, 9.17) is 4.74 Å². The summed E-state index contributed by atoms with van der Waals surface area (Å²) in [4.78, 5) is 14.2. The molecule has 4 heteroatoms. The summed E-state index contributed by atoms with van der Waals surface area (Å²) in [5, 5.41) is 3.36. The van der Waals surface area contributed by atoms with Gasteiger partial charge in [0.25, 0.3) is 0 Å². The molecular formula is C12H24N2O2. The Balaban J connectivity index is 2.82. The second-order valence-electron chi connectivity index (χ2n) is 5.04. The van der Waals surface area contributed by atoms with Crippen LogP contribution in [0.3, 0.4) is 0 Å². The van der Waals surface area contributed by atoms with Crippen LogP contribution in [-0.4, -0.2) is 48.2 Å². The number of esters is 1. The van der Waals surface area contributed by atoms with Crippen molar-refractivity contribution in [1.29, 1.82) is 0 Å². The largest absolute Gasteiger partial charge is 0.465 e. The van der Waals surface area contributed by atoms with E-state index < -0.39 is 5.54 Å². The molecule has 0 aliphatic carbocycles. The monoisotopic (exact) mass is 228 g/mol. The van der Waals surface area contributed by atoms with Crippen molar-refractivity contribution in [2.45, 2.75) is 52.2 Å². The summed E-state index contributed by atoms with van der Waals surface area (Å²) >= 11 is 0. The Hall–Kier alpha value is -0.610. The summed E-state index contributed by atoms with van der Waals surface area (Å²) in [5.41, 5.74) is -0.545. The molecule has 1 N–H and O–H groups in total. The van der Waals surface area contributed by atoms with Gasteiger partial charge in [0.2, 0.25) is 0 Å². The third-order valence-corrected chi connectivity index (χ3v) is 3.25. The molecule has 1 fully saturated rings. The lowest BCUT2D eigenvalue weighted by molar-refractivity contribution is -0.160. The SMILES string of the molecule is CCOC(=O)C(C)(C)N1[C@H](C)CNC[C@@H]1C. The van der Waals surface area contributed by atoms with E-state index in [9.17, 15) is 4.79 Å². The standard InChI is InChI=1S/C12H24N2O2/c1-6-16-11(15)12(4,5)14-9(2)7-13-8-10(14)3/h9-10,13H,6-8H2,1-5H3/t9-,10+. The van der Waals surface area contributed by atoms with Gasteiger partial charge >= 0.3 is 5.97 Å². The van der Waals surface area contributed by atoms with Crippen molar-refractivity contribution in [2.24, 2.45) is 0 Å². The zero-order valence-electron chi connectivity index (χ0n) is 11.0. The van der Waals surface area contributed by atoms with Gasteiger partial charge in [-0.1, -0.05) is 0 Å². The van der Waals surface area contributed by atoms with E-state index in [0.29, 0.717) is 18.7 Å². The Bertz CT molecular complexity index is 243. The number of carbonyl (C=O) groups is 1. The summed E-state index contributed by atoms with van der Waals surface area (Å²) in [6.07, 6.45) is 0. The van der Waals surface area contributed by atoms with Crippen LogP contribution in [0, 0.1) is 0 Å². The molecule has 1 aliphatic heterocycles. The van der Waals surface area contributed by atoms with Gasteiger partial charge in [-0.15, -0.1) is 0 Å². The molecule has 1 heterocycles. The summed E-state index contributed by atoms with van der Waals surface area (Å²) in [7, 11) is 0. The third kappa shape index (κ3) is 2.55. The molecule has 0 saturated carbocycles. The number of rotatable bonds is 3. The van der Waals surface area contributed by atoms with Crippen LogP contribution in [0.4, 0.5) is 0 Å². The smallest absolute Gasteiger partial charge is 0.325 e. The maximum absolute atomic E-state index is 12.0. The molecule has 0 bridgehead atoms. The summed E-state index contributed by atoms with van der Waals surface area (Å²) < 4.78 is 5.16. The van der Waals surface area contributed by atoms with Crippen LogP contribution in [0.25, 0.3) is 0 Å². The van der Waals surface area contributed by atoms with Crippen LogP contribution in [0.1, 0.15) is 34.6 Å². The molecule has 0 radical (unpaired) electrons. The van der Waals surface area contributed by atoms with Crippen LogP contribution in [0.5, 0.6) is 0 Å². The molecule has 1 saturated heterocycles. The van der Waals surface area contributed by atoms with Crippen LogP contribution in [0.2, 0.25) is 0 Å². The molecule has 1 rings (SSSR count). The number of hydrogen-bond donors (Lipinski definition) is 1. The average Bonchev–Trinajstić information content (AvgIpc) is 2.17. The highest BCUT2D eigenvalue weighted by atomic mass is 16.5. The number of hydrogen-bond acceptors (Lipinski definition) is 4. The number of ether oxygens (including phenoxy) is 1. The highest BCUT2D eigenvalue weighted by molar-refractivity contribution is 5.80. The fraction of sp³-hybridized carbons (Fsp3) is 0.917. The number of nitrogens with one attached hydrogen (secondary N) is 1. The quantitative estimate of drug-likeness (QED) is 0.732. The van der Waals surface area contributed by atoms with Crippen molar-refractivity contribution in [3.8, 4) is 0 Å². The predicted molar refractivity (Wildman–Crippen MR) is 64.3 cm³/mol. The first-order valence-corrected chi connectivity index (χ1v) is 6.07. The fourth-order valence-electron chi connectivity index (χ4n) is 2.65. The molecule has 1 aliphatic rings. The molecule has 0 aromatic heterocycles. The first-order chi connectivity index (χ1) is 7.41. The van der Waals surface area contributed by atoms with Gasteiger partial charge in [-0.3, -0.25) is 9.69 Å². The molecule has 2 atom stereocenters. The van der Waals surface area contributed by atoms with Gasteiger partial charge in [0.1, 0.15) is 5.54 Å². The Morgan fingerprint density at radius 2 is 1.88 bits per heavy atom. The van der Waals surface area contributed by atoms with Gasteiger partial charge in [0.15, 0.2) is 0 Å². The summed E-state index contributed by atoms with van der Waals surface area (Å²) in [6.45, 7) is 12.3. The van der Waals surface area contributed by atoms with E-state index in [1.165, 1.54) is 0 Å². The van der Waals surface area contributed by atoms with Gasteiger partial charge in [-0.2, -0.15) is 0 Å². The third-order valence-electron chi connectivity index (χ3n) is 3.25. The molecule has 16 heavy (non-hydrogen) atoms. The normalized spacial score (nSPS) is 27.8. The van der Waals surface area contributed by atoms with E-state index >= 15 is 0 Å².